The topological polar surface area (TPSA) is 6.48 Å². The molecule has 136 valence electrons. The highest BCUT2D eigenvalue weighted by atomic mass is 35.5. The molecule has 2 aliphatic carbocycles. The molecule has 0 amide bonds. The van der Waals surface area contributed by atoms with E-state index in [1.807, 2.05) is 0 Å². The van der Waals surface area contributed by atoms with E-state index < -0.39 is 0 Å². The van der Waals surface area contributed by atoms with Gasteiger partial charge in [-0.2, -0.15) is 0 Å². The smallest absolute Gasteiger partial charge is 0.0482 e. The van der Waals surface area contributed by atoms with Crippen LogP contribution in [0.15, 0.2) is 0 Å². The standard InChI is InChI=1S/C19H36Cl2N2/c1-17(2,23(20)21)15-16-22(18(3)11-7-5-8-12-18)19(4)13-9-6-10-14-19/h5-16H2,1-4H3. The van der Waals surface area contributed by atoms with Gasteiger partial charge < -0.3 is 0 Å². The fourth-order valence-electron chi connectivity index (χ4n) is 4.83. The molecule has 0 unspecified atom stereocenters. The molecule has 0 bridgehead atoms. The van der Waals surface area contributed by atoms with E-state index in [4.69, 9.17) is 23.6 Å². The van der Waals surface area contributed by atoms with E-state index in [9.17, 15) is 0 Å². The third-order valence-corrected chi connectivity index (χ3v) is 7.48. The lowest BCUT2D eigenvalue weighted by atomic mass is 9.74. The van der Waals surface area contributed by atoms with Crippen LogP contribution in [-0.2, 0) is 0 Å². The summed E-state index contributed by atoms with van der Waals surface area (Å²) < 4.78 is 1.34. The predicted molar refractivity (Wildman–Crippen MR) is 102 cm³/mol. The van der Waals surface area contributed by atoms with E-state index in [2.05, 4.69) is 32.6 Å². The van der Waals surface area contributed by atoms with Crippen LogP contribution in [0.25, 0.3) is 0 Å². The molecule has 2 saturated carbocycles. The maximum absolute atomic E-state index is 6.07. The van der Waals surface area contributed by atoms with Gasteiger partial charge in [0.15, 0.2) is 0 Å². The third-order valence-electron chi connectivity index (χ3n) is 6.57. The summed E-state index contributed by atoms with van der Waals surface area (Å²) in [4.78, 5) is 2.87. The maximum Gasteiger partial charge on any atom is 0.0482 e. The molecule has 2 rings (SSSR count). The maximum atomic E-state index is 6.07. The Kier molecular flexibility index (Phi) is 6.73. The Bertz CT molecular complexity index is 346. The van der Waals surface area contributed by atoms with Crippen LogP contribution in [0.1, 0.15) is 98.3 Å². The molecule has 0 saturated heterocycles. The number of hydrogen-bond donors (Lipinski definition) is 0. The SMILES string of the molecule is CC(C)(CCN(C1(C)CCCCC1)C1(C)CCCCC1)N(Cl)Cl. The van der Waals surface area contributed by atoms with Crippen molar-refractivity contribution >= 4 is 23.6 Å². The van der Waals surface area contributed by atoms with Gasteiger partial charge in [0, 0.05) is 23.2 Å². The largest absolute Gasteiger partial charge is 0.292 e. The van der Waals surface area contributed by atoms with Gasteiger partial charge in [-0.05, 0) is 83.4 Å². The van der Waals surface area contributed by atoms with Gasteiger partial charge in [-0.3, -0.25) is 4.90 Å². The van der Waals surface area contributed by atoms with Crippen molar-refractivity contribution in [1.82, 2.24) is 8.84 Å². The van der Waals surface area contributed by atoms with Crippen LogP contribution >= 0.6 is 23.6 Å². The van der Waals surface area contributed by atoms with Crippen LogP contribution in [0.4, 0.5) is 0 Å². The van der Waals surface area contributed by atoms with Crippen LogP contribution in [0, 0.1) is 0 Å². The van der Waals surface area contributed by atoms with Crippen molar-refractivity contribution in [2.45, 2.75) is 115 Å². The molecular formula is C19H36Cl2N2. The summed E-state index contributed by atoms with van der Waals surface area (Å²) in [5, 5.41) is 0. The fourth-order valence-corrected chi connectivity index (χ4v) is 5.00. The van der Waals surface area contributed by atoms with Gasteiger partial charge in [-0.1, -0.05) is 38.5 Å². The van der Waals surface area contributed by atoms with E-state index >= 15 is 0 Å². The van der Waals surface area contributed by atoms with Crippen LogP contribution in [0.2, 0.25) is 0 Å². The zero-order valence-electron chi connectivity index (χ0n) is 15.6. The van der Waals surface area contributed by atoms with Gasteiger partial charge in [0.05, 0.1) is 0 Å². The molecule has 2 nitrogen and oxygen atoms in total. The molecule has 2 aliphatic rings. The Morgan fingerprint density at radius 3 is 1.52 bits per heavy atom. The van der Waals surface area contributed by atoms with Crippen LogP contribution in [0.3, 0.4) is 0 Å². The lowest BCUT2D eigenvalue weighted by Gasteiger charge is -2.55. The lowest BCUT2D eigenvalue weighted by molar-refractivity contribution is -0.0486. The summed E-state index contributed by atoms with van der Waals surface area (Å²) in [6.45, 7) is 10.4. The predicted octanol–water partition coefficient (Wildman–Crippen LogP) is 6.51. The molecule has 4 heteroatoms. The minimum absolute atomic E-state index is 0.183. The molecule has 0 aliphatic heterocycles. The molecule has 23 heavy (non-hydrogen) atoms. The second kappa shape index (κ2) is 7.81. The Hall–Kier alpha value is 0.500. The molecule has 0 aromatic carbocycles. The highest BCUT2D eigenvalue weighted by Gasteiger charge is 2.44. The van der Waals surface area contributed by atoms with Crippen molar-refractivity contribution < 1.29 is 0 Å². The number of nitrogens with zero attached hydrogens (tertiary/aromatic N) is 2. The van der Waals surface area contributed by atoms with Crippen molar-refractivity contribution in [2.75, 3.05) is 6.54 Å². The summed E-state index contributed by atoms with van der Waals surface area (Å²) in [5.74, 6) is 0. The molecule has 0 radical (unpaired) electrons. The van der Waals surface area contributed by atoms with Crippen LogP contribution in [0.5, 0.6) is 0 Å². The number of hydrogen-bond acceptors (Lipinski definition) is 2. The fraction of sp³-hybridized carbons (Fsp3) is 1.00. The van der Waals surface area contributed by atoms with Gasteiger partial charge in [-0.25, -0.2) is 0 Å². The first-order valence-electron chi connectivity index (χ1n) is 9.59. The molecule has 0 aromatic heterocycles. The van der Waals surface area contributed by atoms with Crippen molar-refractivity contribution in [2.24, 2.45) is 0 Å². The quantitative estimate of drug-likeness (QED) is 0.496. The molecule has 0 N–H and O–H groups in total. The zero-order valence-corrected chi connectivity index (χ0v) is 17.1. The summed E-state index contributed by atoms with van der Waals surface area (Å²) >= 11 is 12.1. The first kappa shape index (κ1) is 19.8. The van der Waals surface area contributed by atoms with Crippen molar-refractivity contribution in [1.29, 1.82) is 0 Å². The second-order valence-electron chi connectivity index (χ2n) is 9.06. The monoisotopic (exact) mass is 362 g/mol. The van der Waals surface area contributed by atoms with E-state index in [0.29, 0.717) is 11.1 Å². The van der Waals surface area contributed by atoms with E-state index in [0.717, 1.165) is 13.0 Å². The highest BCUT2D eigenvalue weighted by molar-refractivity contribution is 6.34. The van der Waals surface area contributed by atoms with E-state index in [-0.39, 0.29) is 5.54 Å². The summed E-state index contributed by atoms with van der Waals surface area (Å²) in [6, 6.07) is 0. The van der Waals surface area contributed by atoms with Crippen LogP contribution < -0.4 is 0 Å². The second-order valence-corrected chi connectivity index (χ2v) is 9.91. The Morgan fingerprint density at radius 2 is 1.17 bits per heavy atom. The minimum Gasteiger partial charge on any atom is -0.292 e. The van der Waals surface area contributed by atoms with Gasteiger partial charge in [0.2, 0.25) is 0 Å². The molecule has 0 atom stereocenters. The molecule has 2 fully saturated rings. The lowest BCUT2D eigenvalue weighted by Crippen LogP contribution is -2.60. The van der Waals surface area contributed by atoms with Gasteiger partial charge >= 0.3 is 0 Å². The molecular weight excluding hydrogens is 327 g/mol. The van der Waals surface area contributed by atoms with E-state index in [1.54, 1.807) is 0 Å². The Balaban J connectivity index is 2.17. The van der Waals surface area contributed by atoms with Crippen molar-refractivity contribution in [3.8, 4) is 0 Å². The van der Waals surface area contributed by atoms with E-state index in [1.165, 1.54) is 68.1 Å². The Morgan fingerprint density at radius 1 is 0.783 bits per heavy atom. The van der Waals surface area contributed by atoms with Gasteiger partial charge in [0.25, 0.3) is 0 Å². The van der Waals surface area contributed by atoms with Gasteiger partial charge in [0.1, 0.15) is 0 Å². The zero-order chi connectivity index (χ0) is 17.1. The third kappa shape index (κ3) is 4.77. The number of halogens is 2. The summed E-state index contributed by atoms with van der Waals surface area (Å²) in [6.07, 6.45) is 14.7. The first-order chi connectivity index (χ1) is 10.7. The summed E-state index contributed by atoms with van der Waals surface area (Å²) in [7, 11) is 0. The van der Waals surface area contributed by atoms with Crippen molar-refractivity contribution in [3.05, 3.63) is 0 Å². The molecule has 0 spiro atoms. The highest BCUT2D eigenvalue weighted by Crippen LogP contribution is 2.43. The summed E-state index contributed by atoms with van der Waals surface area (Å²) in [5.41, 5.74) is 0.519. The number of rotatable bonds is 6. The normalized spacial score (nSPS) is 25.0. The van der Waals surface area contributed by atoms with Crippen molar-refractivity contribution in [3.63, 3.8) is 0 Å². The van der Waals surface area contributed by atoms with Crippen LogP contribution in [-0.4, -0.2) is 32.0 Å². The Labute approximate surface area is 154 Å². The average molecular weight is 363 g/mol. The minimum atomic E-state index is -0.183. The molecule has 0 heterocycles. The van der Waals surface area contributed by atoms with Gasteiger partial charge in [-0.15, -0.1) is 3.94 Å². The first-order valence-corrected chi connectivity index (χ1v) is 10.3. The molecule has 0 aromatic rings. The average Bonchev–Trinajstić information content (AvgIpc) is 2.48.